The van der Waals surface area contributed by atoms with E-state index < -0.39 is 5.91 Å². The highest BCUT2D eigenvalue weighted by Gasteiger charge is 2.12. The Morgan fingerprint density at radius 2 is 2.05 bits per heavy atom. The van der Waals surface area contributed by atoms with Crippen LogP contribution in [0.2, 0.25) is 0 Å². The van der Waals surface area contributed by atoms with Gasteiger partial charge in [-0.2, -0.15) is 0 Å². The molecule has 6 heteroatoms. The van der Waals surface area contributed by atoms with Crippen molar-refractivity contribution in [1.29, 1.82) is 0 Å². The second-order valence-corrected chi connectivity index (χ2v) is 4.80. The first kappa shape index (κ1) is 13.9. The molecule has 0 saturated carbocycles. The van der Waals surface area contributed by atoms with Gasteiger partial charge < -0.3 is 10.1 Å². The molecule has 0 atom stereocenters. The number of nitrogens with one attached hydrogen (secondary N) is 1. The van der Waals surface area contributed by atoms with Crippen LogP contribution in [0.1, 0.15) is 22.8 Å². The van der Waals surface area contributed by atoms with Crippen LogP contribution in [0, 0.1) is 0 Å². The fourth-order valence-corrected chi connectivity index (χ4v) is 2.18. The Balaban J connectivity index is 1.98. The molecule has 6 nitrogen and oxygen atoms in total. The van der Waals surface area contributed by atoms with Gasteiger partial charge in [0.25, 0.3) is 5.91 Å². The summed E-state index contributed by atoms with van der Waals surface area (Å²) >= 11 is 0. The fraction of sp³-hybridized carbons (Fsp3) is 0.125. The van der Waals surface area contributed by atoms with E-state index in [0.29, 0.717) is 5.56 Å². The number of pyridine rings is 1. The maximum Gasteiger partial charge on any atom is 0.295 e. The minimum atomic E-state index is -0.484. The number of aromatic hydroxyl groups is 1. The van der Waals surface area contributed by atoms with Gasteiger partial charge in [-0.15, -0.1) is 10.2 Å². The SMILES string of the molecule is CCc1ccc2[nH]c(O)c(N=NC(=O)c3ccncc3)c2c1. The van der Waals surface area contributed by atoms with Gasteiger partial charge >= 0.3 is 0 Å². The lowest BCUT2D eigenvalue weighted by molar-refractivity contribution is 0.0995. The van der Waals surface area contributed by atoms with Crippen LogP contribution in [0.25, 0.3) is 10.9 Å². The Morgan fingerprint density at radius 3 is 2.77 bits per heavy atom. The number of aromatic amines is 1. The molecule has 3 aromatic rings. The number of fused-ring (bicyclic) bond motifs is 1. The van der Waals surface area contributed by atoms with Crippen molar-refractivity contribution in [1.82, 2.24) is 9.97 Å². The Hall–Kier alpha value is -3.02. The summed E-state index contributed by atoms with van der Waals surface area (Å²) in [6, 6.07) is 8.90. The Morgan fingerprint density at radius 1 is 1.27 bits per heavy atom. The number of carbonyl (C=O) groups excluding carboxylic acids is 1. The van der Waals surface area contributed by atoms with Gasteiger partial charge in [-0.3, -0.25) is 9.78 Å². The second kappa shape index (κ2) is 5.77. The van der Waals surface area contributed by atoms with Gasteiger partial charge in [-0.25, -0.2) is 0 Å². The monoisotopic (exact) mass is 294 g/mol. The van der Waals surface area contributed by atoms with Gasteiger partial charge in [0.2, 0.25) is 5.88 Å². The maximum absolute atomic E-state index is 11.9. The van der Waals surface area contributed by atoms with Crippen LogP contribution in [0.3, 0.4) is 0 Å². The normalized spacial score (nSPS) is 11.3. The molecule has 1 aromatic carbocycles. The lowest BCUT2D eigenvalue weighted by atomic mass is 10.1. The lowest BCUT2D eigenvalue weighted by Gasteiger charge is -1.97. The third-order valence-corrected chi connectivity index (χ3v) is 3.39. The highest BCUT2D eigenvalue weighted by Crippen LogP contribution is 2.36. The molecule has 0 unspecified atom stereocenters. The molecule has 2 N–H and O–H groups in total. The van der Waals surface area contributed by atoms with Crippen molar-refractivity contribution in [3.05, 3.63) is 53.9 Å². The molecule has 0 aliphatic carbocycles. The molecule has 0 bridgehead atoms. The number of amides is 1. The predicted octanol–water partition coefficient (Wildman–Crippen LogP) is 3.76. The number of carbonyl (C=O) groups is 1. The van der Waals surface area contributed by atoms with Crippen molar-refractivity contribution >= 4 is 22.5 Å². The smallest absolute Gasteiger partial charge is 0.295 e. The van der Waals surface area contributed by atoms with E-state index in [1.807, 2.05) is 25.1 Å². The Bertz CT molecular complexity index is 853. The van der Waals surface area contributed by atoms with E-state index in [2.05, 4.69) is 20.2 Å². The summed E-state index contributed by atoms with van der Waals surface area (Å²) in [5.41, 5.74) is 2.53. The van der Waals surface area contributed by atoms with Crippen molar-refractivity contribution in [3.63, 3.8) is 0 Å². The average Bonchev–Trinajstić information content (AvgIpc) is 2.87. The third kappa shape index (κ3) is 2.58. The Kier molecular flexibility index (Phi) is 3.65. The van der Waals surface area contributed by atoms with Crippen LogP contribution in [-0.4, -0.2) is 21.0 Å². The van der Waals surface area contributed by atoms with Crippen molar-refractivity contribution in [2.45, 2.75) is 13.3 Å². The van der Waals surface area contributed by atoms with Gasteiger partial charge in [-0.05, 0) is 36.2 Å². The maximum atomic E-state index is 11.9. The topological polar surface area (TPSA) is 90.7 Å². The van der Waals surface area contributed by atoms with E-state index >= 15 is 0 Å². The highest BCUT2D eigenvalue weighted by molar-refractivity contribution is 5.97. The summed E-state index contributed by atoms with van der Waals surface area (Å²) in [7, 11) is 0. The first-order valence-electron chi connectivity index (χ1n) is 6.88. The molecular weight excluding hydrogens is 280 g/mol. The molecular formula is C16H14N4O2. The molecule has 0 aliphatic heterocycles. The molecule has 0 radical (unpaired) electrons. The van der Waals surface area contributed by atoms with Gasteiger partial charge in [0.15, 0.2) is 5.69 Å². The first-order valence-corrected chi connectivity index (χ1v) is 6.88. The van der Waals surface area contributed by atoms with E-state index in [9.17, 15) is 9.90 Å². The summed E-state index contributed by atoms with van der Waals surface area (Å²) in [5.74, 6) is -0.586. The zero-order valence-corrected chi connectivity index (χ0v) is 11.9. The van der Waals surface area contributed by atoms with Gasteiger partial charge in [0.05, 0.1) is 5.52 Å². The number of H-pyrrole nitrogens is 1. The summed E-state index contributed by atoms with van der Waals surface area (Å²) in [6.45, 7) is 2.04. The number of nitrogens with zero attached hydrogens (tertiary/aromatic N) is 3. The van der Waals surface area contributed by atoms with Crippen LogP contribution in [-0.2, 0) is 6.42 Å². The average molecular weight is 294 g/mol. The summed E-state index contributed by atoms with van der Waals surface area (Å²) in [5, 5.41) is 18.3. The van der Waals surface area contributed by atoms with Crippen LogP contribution in [0.15, 0.2) is 53.0 Å². The van der Waals surface area contributed by atoms with Crippen LogP contribution < -0.4 is 0 Å². The molecule has 2 aromatic heterocycles. The van der Waals surface area contributed by atoms with Gasteiger partial charge in [0, 0.05) is 23.3 Å². The van der Waals surface area contributed by atoms with Crippen LogP contribution >= 0.6 is 0 Å². The van der Waals surface area contributed by atoms with E-state index in [4.69, 9.17) is 0 Å². The number of azo groups is 1. The molecule has 1 amide bonds. The summed E-state index contributed by atoms with van der Waals surface area (Å²) < 4.78 is 0. The number of aryl methyl sites for hydroxylation is 1. The number of hydrogen-bond donors (Lipinski definition) is 2. The van der Waals surface area contributed by atoms with Crippen LogP contribution in [0.4, 0.5) is 5.69 Å². The van der Waals surface area contributed by atoms with Crippen molar-refractivity contribution in [3.8, 4) is 5.88 Å². The molecule has 110 valence electrons. The minimum absolute atomic E-state index is 0.102. The first-order chi connectivity index (χ1) is 10.7. The van der Waals surface area contributed by atoms with Crippen molar-refractivity contribution in [2.24, 2.45) is 10.2 Å². The summed E-state index contributed by atoms with van der Waals surface area (Å²) in [6.07, 6.45) is 3.90. The largest absolute Gasteiger partial charge is 0.493 e. The van der Waals surface area contributed by atoms with Gasteiger partial charge in [0.1, 0.15) is 0 Å². The third-order valence-electron chi connectivity index (χ3n) is 3.39. The molecule has 22 heavy (non-hydrogen) atoms. The molecule has 0 fully saturated rings. The Labute approximate surface area is 126 Å². The fourth-order valence-electron chi connectivity index (χ4n) is 2.18. The van der Waals surface area contributed by atoms with E-state index in [1.165, 1.54) is 12.4 Å². The second-order valence-electron chi connectivity index (χ2n) is 4.80. The van der Waals surface area contributed by atoms with Crippen LogP contribution in [0.5, 0.6) is 5.88 Å². The number of hydrogen-bond acceptors (Lipinski definition) is 4. The number of rotatable bonds is 3. The molecule has 3 rings (SSSR count). The molecule has 0 saturated heterocycles. The zero-order valence-electron chi connectivity index (χ0n) is 11.9. The van der Waals surface area contributed by atoms with Gasteiger partial charge in [-0.1, -0.05) is 13.0 Å². The predicted molar refractivity (Wildman–Crippen MR) is 82.4 cm³/mol. The lowest BCUT2D eigenvalue weighted by Crippen LogP contribution is -1.92. The molecule has 0 spiro atoms. The number of aromatic nitrogens is 2. The molecule has 2 heterocycles. The number of benzene rings is 1. The minimum Gasteiger partial charge on any atom is -0.493 e. The zero-order chi connectivity index (χ0) is 15.5. The highest BCUT2D eigenvalue weighted by atomic mass is 16.3. The standard InChI is InChI=1S/C16H14N4O2/c1-2-10-3-4-13-12(9-10)14(16(22)18-13)19-20-15(21)11-5-7-17-8-6-11/h3-9,18,22H,2H2,1H3. The molecule has 0 aliphatic rings. The van der Waals surface area contributed by atoms with Crippen molar-refractivity contribution in [2.75, 3.05) is 0 Å². The van der Waals surface area contributed by atoms with E-state index in [0.717, 1.165) is 22.9 Å². The van der Waals surface area contributed by atoms with Crippen molar-refractivity contribution < 1.29 is 9.90 Å². The quantitative estimate of drug-likeness (QED) is 0.720. The van der Waals surface area contributed by atoms with E-state index in [1.54, 1.807) is 12.1 Å². The summed E-state index contributed by atoms with van der Waals surface area (Å²) in [4.78, 5) is 18.6. The van der Waals surface area contributed by atoms with E-state index in [-0.39, 0.29) is 11.6 Å².